The third kappa shape index (κ3) is 4.07. The van der Waals surface area contributed by atoms with E-state index in [0.717, 1.165) is 15.9 Å². The lowest BCUT2D eigenvalue weighted by molar-refractivity contribution is 0.351. The van der Waals surface area contributed by atoms with Crippen LogP contribution in [-0.2, 0) is 14.1 Å². The molecule has 0 N–H and O–H groups in total. The molecule has 0 fully saturated rings. The summed E-state index contributed by atoms with van der Waals surface area (Å²) in [7, 11) is 2.96. The van der Waals surface area contributed by atoms with Gasteiger partial charge in [-0.1, -0.05) is 29.5 Å². The molecule has 1 aromatic heterocycles. The first kappa shape index (κ1) is 17.4. The van der Waals surface area contributed by atoms with Crippen LogP contribution in [0.1, 0.15) is 11.1 Å². The maximum atomic E-state index is 11.9. The second kappa shape index (κ2) is 7.55. The van der Waals surface area contributed by atoms with E-state index < -0.39 is 11.2 Å². The molecule has 0 atom stereocenters. The Balaban J connectivity index is 1.91. The molecule has 1 heterocycles. The fraction of sp³-hybridized carbons (Fsp3) is 0.333. The Morgan fingerprint density at radius 1 is 1.00 bits per heavy atom. The van der Waals surface area contributed by atoms with Gasteiger partial charge in [0.1, 0.15) is 19.0 Å². The molecule has 0 saturated carbocycles. The predicted molar refractivity (Wildman–Crippen MR) is 91.6 cm³/mol. The van der Waals surface area contributed by atoms with Crippen molar-refractivity contribution in [2.24, 2.45) is 14.1 Å². The highest BCUT2D eigenvalue weighted by Gasteiger charge is 2.06. The van der Waals surface area contributed by atoms with E-state index in [0.29, 0.717) is 0 Å². The number of benzene rings is 1. The highest BCUT2D eigenvalue weighted by Crippen LogP contribution is 2.18. The Labute approximate surface area is 140 Å². The van der Waals surface area contributed by atoms with Gasteiger partial charge in [0.2, 0.25) is 5.75 Å². The number of aryl methyl sites for hydroxylation is 3. The third-order valence-corrected chi connectivity index (χ3v) is 3.47. The molecule has 2 rings (SSSR count). The highest BCUT2D eigenvalue weighted by molar-refractivity contribution is 5.35. The van der Waals surface area contributed by atoms with Gasteiger partial charge >= 0.3 is 5.69 Å². The lowest BCUT2D eigenvalue weighted by atomic mass is 10.1. The summed E-state index contributed by atoms with van der Waals surface area (Å²) < 4.78 is 13.2. The molecule has 0 bridgehead atoms. The smallest absolute Gasteiger partial charge is 0.330 e. The van der Waals surface area contributed by atoms with E-state index in [-0.39, 0.29) is 19.0 Å². The molecule has 0 aliphatic heterocycles. The van der Waals surface area contributed by atoms with Crippen molar-refractivity contribution in [3.8, 4) is 23.3 Å². The van der Waals surface area contributed by atoms with E-state index in [1.807, 2.05) is 32.0 Å². The molecule has 0 unspecified atom stereocenters. The zero-order chi connectivity index (χ0) is 17.7. The molecule has 6 heteroatoms. The van der Waals surface area contributed by atoms with E-state index in [9.17, 15) is 9.59 Å². The van der Waals surface area contributed by atoms with Crippen molar-refractivity contribution in [3.63, 3.8) is 0 Å². The maximum absolute atomic E-state index is 11.9. The predicted octanol–water partition coefficient (Wildman–Crippen LogP) is 1.16. The van der Waals surface area contributed by atoms with Crippen molar-refractivity contribution in [2.75, 3.05) is 13.2 Å². The second-order valence-corrected chi connectivity index (χ2v) is 5.45. The minimum Gasteiger partial charge on any atom is -0.481 e. The average molecular weight is 328 g/mol. The van der Waals surface area contributed by atoms with Crippen LogP contribution in [0.15, 0.2) is 34.0 Å². The molecule has 2 aromatic rings. The van der Waals surface area contributed by atoms with Gasteiger partial charge in [0.25, 0.3) is 5.56 Å². The monoisotopic (exact) mass is 328 g/mol. The molecule has 0 aliphatic rings. The second-order valence-electron chi connectivity index (χ2n) is 5.45. The van der Waals surface area contributed by atoms with E-state index in [1.165, 1.54) is 23.4 Å². The summed E-state index contributed by atoms with van der Waals surface area (Å²) in [6.07, 6.45) is 1.36. The normalized spacial score (nSPS) is 10.0. The van der Waals surface area contributed by atoms with Crippen LogP contribution in [0.5, 0.6) is 11.5 Å². The van der Waals surface area contributed by atoms with E-state index in [2.05, 4.69) is 11.8 Å². The number of ether oxygens (including phenoxy) is 2. The number of hydrogen-bond acceptors (Lipinski definition) is 4. The molecule has 0 aliphatic carbocycles. The SMILES string of the molecule is Cc1ccc(OCC#CCOc2cn(C)c(=O)n(C)c2=O)c(C)c1. The largest absolute Gasteiger partial charge is 0.481 e. The number of hydrogen-bond donors (Lipinski definition) is 0. The molecule has 1 aromatic carbocycles. The van der Waals surface area contributed by atoms with Gasteiger partial charge in [0.05, 0.1) is 6.20 Å². The Hall–Kier alpha value is -2.94. The number of rotatable bonds is 4. The lowest BCUT2D eigenvalue weighted by Crippen LogP contribution is -2.37. The maximum Gasteiger partial charge on any atom is 0.330 e. The van der Waals surface area contributed by atoms with Gasteiger partial charge in [-0.05, 0) is 25.5 Å². The minimum atomic E-state index is -0.480. The fourth-order valence-corrected chi connectivity index (χ4v) is 2.17. The third-order valence-electron chi connectivity index (χ3n) is 3.47. The standard InChI is InChI=1S/C18H20N2O4/c1-13-7-8-15(14(2)11-13)23-9-5-6-10-24-16-12-19(3)18(22)20(4)17(16)21/h7-8,11-12H,9-10H2,1-4H3. The van der Waals surface area contributed by atoms with E-state index >= 15 is 0 Å². The topological polar surface area (TPSA) is 62.5 Å². The van der Waals surface area contributed by atoms with E-state index in [1.54, 1.807) is 7.05 Å². The van der Waals surface area contributed by atoms with Crippen molar-refractivity contribution in [3.05, 3.63) is 56.4 Å². The summed E-state index contributed by atoms with van der Waals surface area (Å²) in [5.41, 5.74) is 1.35. The quantitative estimate of drug-likeness (QED) is 0.790. The zero-order valence-corrected chi connectivity index (χ0v) is 14.3. The molecule has 126 valence electrons. The lowest BCUT2D eigenvalue weighted by Gasteiger charge is -2.07. The summed E-state index contributed by atoms with van der Waals surface area (Å²) in [6.45, 7) is 4.29. The van der Waals surface area contributed by atoms with Crippen LogP contribution in [0.25, 0.3) is 0 Å². The summed E-state index contributed by atoms with van der Waals surface area (Å²) in [5, 5.41) is 0. The Morgan fingerprint density at radius 2 is 1.62 bits per heavy atom. The van der Waals surface area contributed by atoms with Crippen molar-refractivity contribution in [1.82, 2.24) is 9.13 Å². The van der Waals surface area contributed by atoms with Gasteiger partial charge in [0.15, 0.2) is 0 Å². The molecule has 0 amide bonds. The Bertz CT molecular complexity index is 913. The number of aromatic nitrogens is 2. The van der Waals surface area contributed by atoms with Crippen LogP contribution in [0, 0.1) is 25.7 Å². The molecule has 0 spiro atoms. The Morgan fingerprint density at radius 3 is 2.25 bits per heavy atom. The molecular weight excluding hydrogens is 308 g/mol. The van der Waals surface area contributed by atoms with Crippen LogP contribution < -0.4 is 20.7 Å². The van der Waals surface area contributed by atoms with Crippen LogP contribution >= 0.6 is 0 Å². The first-order chi connectivity index (χ1) is 11.4. The van der Waals surface area contributed by atoms with Gasteiger partial charge < -0.3 is 9.47 Å². The number of nitrogens with zero attached hydrogens (tertiary/aromatic N) is 2. The Kier molecular flexibility index (Phi) is 5.48. The van der Waals surface area contributed by atoms with Crippen molar-refractivity contribution < 1.29 is 9.47 Å². The molecule has 24 heavy (non-hydrogen) atoms. The van der Waals surface area contributed by atoms with Gasteiger partial charge in [-0.3, -0.25) is 13.9 Å². The van der Waals surface area contributed by atoms with Crippen molar-refractivity contribution in [2.45, 2.75) is 13.8 Å². The average Bonchev–Trinajstić information content (AvgIpc) is 2.55. The van der Waals surface area contributed by atoms with Gasteiger partial charge in [-0.15, -0.1) is 0 Å². The zero-order valence-electron chi connectivity index (χ0n) is 14.3. The molecule has 6 nitrogen and oxygen atoms in total. The first-order valence-electron chi connectivity index (χ1n) is 7.45. The molecular formula is C18H20N2O4. The van der Waals surface area contributed by atoms with Gasteiger partial charge in [0, 0.05) is 14.1 Å². The van der Waals surface area contributed by atoms with Gasteiger partial charge in [-0.2, -0.15) is 0 Å². The van der Waals surface area contributed by atoms with Crippen LogP contribution in [-0.4, -0.2) is 22.3 Å². The van der Waals surface area contributed by atoms with Crippen LogP contribution in [0.4, 0.5) is 0 Å². The summed E-state index contributed by atoms with van der Waals surface area (Å²) in [4.78, 5) is 23.4. The first-order valence-corrected chi connectivity index (χ1v) is 7.45. The van der Waals surface area contributed by atoms with Crippen LogP contribution in [0.2, 0.25) is 0 Å². The minimum absolute atomic E-state index is 0.0453. The van der Waals surface area contributed by atoms with Gasteiger partial charge in [-0.25, -0.2) is 4.79 Å². The van der Waals surface area contributed by atoms with Crippen LogP contribution in [0.3, 0.4) is 0 Å². The van der Waals surface area contributed by atoms with E-state index in [4.69, 9.17) is 9.47 Å². The fourth-order valence-electron chi connectivity index (χ4n) is 2.17. The highest BCUT2D eigenvalue weighted by atomic mass is 16.5. The summed E-state index contributed by atoms with van der Waals surface area (Å²) in [5.74, 6) is 6.50. The van der Waals surface area contributed by atoms with Crippen molar-refractivity contribution >= 4 is 0 Å². The molecule has 0 saturated heterocycles. The summed E-state index contributed by atoms with van der Waals surface area (Å²) >= 11 is 0. The summed E-state index contributed by atoms with van der Waals surface area (Å²) in [6, 6.07) is 5.94. The molecule has 0 radical (unpaired) electrons. The van der Waals surface area contributed by atoms with Crippen molar-refractivity contribution in [1.29, 1.82) is 0 Å².